The second kappa shape index (κ2) is 3.48. The van der Waals surface area contributed by atoms with Crippen LogP contribution in [-0.4, -0.2) is 39.8 Å². The average Bonchev–Trinajstić information content (AvgIpc) is 2.45. The Balaban J connectivity index is 3.22. The second-order valence-electron chi connectivity index (χ2n) is 5.03. The lowest BCUT2D eigenvalue weighted by molar-refractivity contribution is -0.922. The Hall–Kier alpha value is -1.10. The molecule has 0 aliphatic carbocycles. The first-order chi connectivity index (χ1) is 6.73. The van der Waals surface area contributed by atoms with Crippen molar-refractivity contribution in [3.8, 4) is 0 Å². The van der Waals surface area contributed by atoms with E-state index in [1.165, 1.54) is 0 Å². The van der Waals surface area contributed by atoms with Crippen LogP contribution < -0.4 is 5.11 Å². The minimum Gasteiger partial charge on any atom is -0.498 e. The molecule has 1 heterocycles. The van der Waals surface area contributed by atoms with Gasteiger partial charge in [0, 0.05) is 12.8 Å². The molecule has 1 amide bonds. The molecule has 1 unspecified atom stereocenters. The molecule has 2 atom stereocenters. The number of aliphatic carboxylic acids is 1. The maximum atomic E-state index is 11.3. The maximum Gasteiger partial charge on any atom is 0.363 e. The molecule has 0 saturated carbocycles. The fraction of sp³-hybridized carbons (Fsp3) is 0.800. The lowest BCUT2D eigenvalue weighted by Gasteiger charge is -2.47. The normalized spacial score (nSPS) is 31.5. The Bertz CT molecular complexity index is 294. The van der Waals surface area contributed by atoms with Gasteiger partial charge in [0.05, 0.1) is 12.1 Å². The molecule has 1 aliphatic heterocycles. The van der Waals surface area contributed by atoms with E-state index in [2.05, 4.69) is 0 Å². The fourth-order valence-electron chi connectivity index (χ4n) is 2.52. The zero-order valence-corrected chi connectivity index (χ0v) is 9.32. The van der Waals surface area contributed by atoms with Crippen LogP contribution in [-0.2, 0) is 4.79 Å². The minimum absolute atomic E-state index is 0.336. The molecule has 1 fully saturated rings. The number of carboxylic acid groups (broad SMARTS) is 2. The number of carboxylic acids is 1. The molecule has 0 aromatic carbocycles. The lowest BCUT2D eigenvalue weighted by atomic mass is 10.00. The number of rotatable bonds is 1. The third-order valence-corrected chi connectivity index (χ3v) is 3.33. The van der Waals surface area contributed by atoms with Crippen molar-refractivity contribution in [2.24, 2.45) is 0 Å². The Morgan fingerprint density at radius 1 is 1.40 bits per heavy atom. The van der Waals surface area contributed by atoms with Gasteiger partial charge in [-0.3, -0.25) is 4.48 Å². The Labute approximate surface area is 88.9 Å². The Morgan fingerprint density at radius 2 is 1.93 bits per heavy atom. The molecule has 5 heteroatoms. The van der Waals surface area contributed by atoms with Crippen LogP contribution in [0.25, 0.3) is 0 Å². The van der Waals surface area contributed by atoms with E-state index < -0.39 is 28.1 Å². The average molecular weight is 215 g/mol. The molecule has 0 aromatic rings. The topological polar surface area (TPSA) is 77.4 Å². The molecule has 86 valence electrons. The van der Waals surface area contributed by atoms with Crippen molar-refractivity contribution in [2.75, 3.05) is 6.54 Å². The van der Waals surface area contributed by atoms with Crippen molar-refractivity contribution in [1.29, 1.82) is 0 Å². The zero-order chi connectivity index (χ0) is 11.9. The Kier molecular flexibility index (Phi) is 2.78. The predicted molar refractivity (Wildman–Crippen MR) is 50.9 cm³/mol. The highest BCUT2D eigenvalue weighted by molar-refractivity contribution is 5.75. The number of carbonyl (C=O) groups excluding carboxylic acids is 1. The first-order valence-electron chi connectivity index (χ1n) is 5.05. The molecule has 1 aliphatic rings. The molecule has 15 heavy (non-hydrogen) atoms. The number of nitrogens with zero attached hydrogens (tertiary/aromatic N) is 1. The molecule has 0 spiro atoms. The van der Waals surface area contributed by atoms with Gasteiger partial charge in [0.1, 0.15) is 0 Å². The van der Waals surface area contributed by atoms with Crippen LogP contribution in [0.1, 0.15) is 33.6 Å². The molecular formula is C10H17NO4. The van der Waals surface area contributed by atoms with Gasteiger partial charge >= 0.3 is 5.97 Å². The van der Waals surface area contributed by atoms with Crippen molar-refractivity contribution >= 4 is 12.1 Å². The van der Waals surface area contributed by atoms with Crippen molar-refractivity contribution < 1.29 is 24.3 Å². The summed E-state index contributed by atoms with van der Waals surface area (Å²) in [6.07, 6.45) is -0.268. The van der Waals surface area contributed by atoms with Crippen LogP contribution in [0.2, 0.25) is 0 Å². The fourth-order valence-corrected chi connectivity index (χ4v) is 2.52. The third-order valence-electron chi connectivity index (χ3n) is 3.33. The molecule has 1 rings (SSSR count). The van der Waals surface area contributed by atoms with Crippen LogP contribution in [0.3, 0.4) is 0 Å². The second-order valence-corrected chi connectivity index (χ2v) is 5.03. The van der Waals surface area contributed by atoms with Crippen molar-refractivity contribution in [2.45, 2.75) is 45.2 Å². The highest BCUT2D eigenvalue weighted by atomic mass is 16.4. The molecule has 1 saturated heterocycles. The van der Waals surface area contributed by atoms with Crippen molar-refractivity contribution in [3.05, 3.63) is 0 Å². The molecule has 0 bridgehead atoms. The van der Waals surface area contributed by atoms with E-state index in [9.17, 15) is 14.7 Å². The summed E-state index contributed by atoms with van der Waals surface area (Å²) in [4.78, 5) is 22.3. The van der Waals surface area contributed by atoms with E-state index in [0.29, 0.717) is 19.4 Å². The van der Waals surface area contributed by atoms with Gasteiger partial charge in [0.2, 0.25) is 0 Å². The number of hydrogen-bond donors (Lipinski definition) is 1. The van der Waals surface area contributed by atoms with Crippen LogP contribution in [0.4, 0.5) is 4.79 Å². The monoisotopic (exact) mass is 215 g/mol. The van der Waals surface area contributed by atoms with Gasteiger partial charge in [-0.1, -0.05) is 0 Å². The standard InChI is InChI=1S/C10H17NO4/c1-10(2,3)11(9(14)15)6-4-5-7(11)8(12)13/h7H,4-6H2,1-3H3,(H-,12,13,14,15)/t7?,11-/m1/s1. The predicted octanol–water partition coefficient (Wildman–Crippen LogP) is 0.192. The van der Waals surface area contributed by atoms with Crippen LogP contribution in [0, 0.1) is 0 Å². The Morgan fingerprint density at radius 3 is 2.20 bits per heavy atom. The summed E-state index contributed by atoms with van der Waals surface area (Å²) in [7, 11) is 0. The van der Waals surface area contributed by atoms with Gasteiger partial charge in [0.15, 0.2) is 6.04 Å². The van der Waals surface area contributed by atoms with E-state index >= 15 is 0 Å². The highest BCUT2D eigenvalue weighted by Gasteiger charge is 2.55. The first kappa shape index (κ1) is 12.0. The summed E-state index contributed by atoms with van der Waals surface area (Å²) < 4.78 is -0.470. The van der Waals surface area contributed by atoms with E-state index in [0.717, 1.165) is 0 Å². The number of likely N-dealkylation sites (tertiary alicyclic amines) is 1. The van der Waals surface area contributed by atoms with E-state index in [4.69, 9.17) is 5.11 Å². The van der Waals surface area contributed by atoms with Crippen LogP contribution >= 0.6 is 0 Å². The lowest BCUT2D eigenvalue weighted by Crippen LogP contribution is -2.71. The van der Waals surface area contributed by atoms with Gasteiger partial charge < -0.3 is 15.0 Å². The van der Waals surface area contributed by atoms with Gasteiger partial charge in [-0.25, -0.2) is 4.79 Å². The number of carbonyl (C=O) groups is 2. The number of amides is 1. The largest absolute Gasteiger partial charge is 0.498 e. The number of hydrogen-bond acceptors (Lipinski definition) is 3. The summed E-state index contributed by atoms with van der Waals surface area (Å²) in [6.45, 7) is 5.56. The minimum atomic E-state index is -1.28. The summed E-state index contributed by atoms with van der Waals surface area (Å²) in [5, 5.41) is 20.3. The number of quaternary nitrogens is 1. The van der Waals surface area contributed by atoms with Crippen molar-refractivity contribution in [1.82, 2.24) is 0 Å². The quantitative estimate of drug-likeness (QED) is 0.633. The summed E-state index contributed by atoms with van der Waals surface area (Å²) in [6, 6.07) is -0.880. The highest BCUT2D eigenvalue weighted by Crippen LogP contribution is 2.36. The molecular weight excluding hydrogens is 198 g/mol. The van der Waals surface area contributed by atoms with Crippen molar-refractivity contribution in [3.63, 3.8) is 0 Å². The van der Waals surface area contributed by atoms with E-state index in [1.54, 1.807) is 20.8 Å². The first-order valence-corrected chi connectivity index (χ1v) is 5.05. The summed E-state index contributed by atoms with van der Waals surface area (Å²) in [5.74, 6) is -1.05. The molecule has 5 nitrogen and oxygen atoms in total. The van der Waals surface area contributed by atoms with E-state index in [-0.39, 0.29) is 0 Å². The van der Waals surface area contributed by atoms with Crippen LogP contribution in [0.5, 0.6) is 0 Å². The van der Waals surface area contributed by atoms with E-state index in [1.807, 2.05) is 0 Å². The molecule has 1 N–H and O–H groups in total. The SMILES string of the molecule is CC(C)(C)[N@+]1(C(=O)[O-])CCCC1C(=O)O. The molecule has 0 aromatic heterocycles. The smallest absolute Gasteiger partial charge is 0.363 e. The zero-order valence-electron chi connectivity index (χ0n) is 9.32. The van der Waals surface area contributed by atoms with Gasteiger partial charge in [-0.05, 0) is 20.8 Å². The summed E-state index contributed by atoms with van der Waals surface area (Å²) >= 11 is 0. The van der Waals surface area contributed by atoms with Gasteiger partial charge in [-0.2, -0.15) is 0 Å². The summed E-state index contributed by atoms with van der Waals surface area (Å²) in [5.41, 5.74) is -0.654. The van der Waals surface area contributed by atoms with Gasteiger partial charge in [0.25, 0.3) is 6.09 Å². The maximum absolute atomic E-state index is 11.3. The van der Waals surface area contributed by atoms with Gasteiger partial charge in [-0.15, -0.1) is 0 Å². The van der Waals surface area contributed by atoms with Crippen LogP contribution in [0.15, 0.2) is 0 Å². The molecule has 0 radical (unpaired) electrons. The third kappa shape index (κ3) is 1.61.